The predicted octanol–water partition coefficient (Wildman–Crippen LogP) is 2.42. The van der Waals surface area contributed by atoms with Crippen LogP contribution in [-0.4, -0.2) is 6.54 Å². The van der Waals surface area contributed by atoms with E-state index < -0.39 is 0 Å². The van der Waals surface area contributed by atoms with Crippen molar-refractivity contribution in [1.82, 2.24) is 5.32 Å². The van der Waals surface area contributed by atoms with Crippen LogP contribution in [0.3, 0.4) is 0 Å². The van der Waals surface area contributed by atoms with Crippen LogP contribution in [0.5, 0.6) is 0 Å². The molecule has 0 atom stereocenters. The van der Waals surface area contributed by atoms with E-state index in [-0.39, 0.29) is 0 Å². The highest BCUT2D eigenvalue weighted by Gasteiger charge is 2.07. The number of benzene rings is 1. The minimum absolute atomic E-state index is 1.06. The average molecular weight is 175 g/mol. The van der Waals surface area contributed by atoms with Gasteiger partial charge in [0.25, 0.3) is 0 Å². The van der Waals surface area contributed by atoms with Crippen molar-refractivity contribution in [2.45, 2.75) is 32.7 Å². The van der Waals surface area contributed by atoms with Crippen molar-refractivity contribution in [3.63, 3.8) is 0 Å². The van der Waals surface area contributed by atoms with Gasteiger partial charge in [0.05, 0.1) is 0 Å². The highest BCUT2D eigenvalue weighted by molar-refractivity contribution is 5.34. The molecule has 1 aromatic carbocycles. The van der Waals surface area contributed by atoms with Gasteiger partial charge in [-0.15, -0.1) is 0 Å². The maximum atomic E-state index is 3.48. The van der Waals surface area contributed by atoms with Crippen LogP contribution < -0.4 is 5.32 Å². The molecule has 0 fully saturated rings. The predicted molar refractivity (Wildman–Crippen MR) is 55.8 cm³/mol. The van der Waals surface area contributed by atoms with Gasteiger partial charge in [-0.05, 0) is 49.4 Å². The molecule has 0 saturated carbocycles. The van der Waals surface area contributed by atoms with Crippen LogP contribution in [-0.2, 0) is 13.0 Å². The molecule has 1 N–H and O–H groups in total. The molecule has 0 unspecified atom stereocenters. The van der Waals surface area contributed by atoms with E-state index in [0.29, 0.717) is 0 Å². The third-order valence-electron chi connectivity index (χ3n) is 2.86. The van der Waals surface area contributed by atoms with Gasteiger partial charge in [-0.2, -0.15) is 0 Å². The van der Waals surface area contributed by atoms with Crippen LogP contribution in [0.1, 0.15) is 29.5 Å². The molecule has 1 nitrogen and oxygen atoms in total. The van der Waals surface area contributed by atoms with Crippen LogP contribution in [0.15, 0.2) is 18.2 Å². The third kappa shape index (κ3) is 1.92. The van der Waals surface area contributed by atoms with Crippen LogP contribution >= 0.6 is 0 Å². The Morgan fingerprint density at radius 3 is 3.08 bits per heavy atom. The molecule has 1 aliphatic heterocycles. The molecule has 0 aromatic heterocycles. The molecule has 1 aliphatic rings. The summed E-state index contributed by atoms with van der Waals surface area (Å²) in [4.78, 5) is 0. The largest absolute Gasteiger partial charge is 0.313 e. The molecule has 0 aliphatic carbocycles. The van der Waals surface area contributed by atoms with E-state index in [1.807, 2.05) is 0 Å². The zero-order valence-corrected chi connectivity index (χ0v) is 8.27. The molecule has 0 spiro atoms. The minimum Gasteiger partial charge on any atom is -0.313 e. The van der Waals surface area contributed by atoms with Crippen molar-refractivity contribution in [1.29, 1.82) is 0 Å². The SMILES string of the molecule is Cc1cccc2c1CNCCCC2. The molecule has 1 heteroatoms. The Balaban J connectivity index is 2.33. The lowest BCUT2D eigenvalue weighted by molar-refractivity contribution is 0.596. The lowest BCUT2D eigenvalue weighted by atomic mass is 9.96. The van der Waals surface area contributed by atoms with Gasteiger partial charge in [0.15, 0.2) is 0 Å². The Hall–Kier alpha value is -0.820. The van der Waals surface area contributed by atoms with Gasteiger partial charge in [0.1, 0.15) is 0 Å². The fourth-order valence-corrected chi connectivity index (χ4v) is 2.03. The highest BCUT2D eigenvalue weighted by atomic mass is 14.8. The van der Waals surface area contributed by atoms with E-state index in [1.54, 1.807) is 5.56 Å². The van der Waals surface area contributed by atoms with E-state index in [1.165, 1.54) is 36.9 Å². The summed E-state index contributed by atoms with van der Waals surface area (Å²) in [5.41, 5.74) is 4.52. The van der Waals surface area contributed by atoms with Crippen molar-refractivity contribution >= 4 is 0 Å². The molecule has 1 heterocycles. The highest BCUT2D eigenvalue weighted by Crippen LogP contribution is 2.17. The summed E-state index contributed by atoms with van der Waals surface area (Å²) in [6.45, 7) is 4.44. The molecule has 70 valence electrons. The number of hydrogen-bond acceptors (Lipinski definition) is 1. The second-order valence-corrected chi connectivity index (χ2v) is 3.85. The molecule has 2 rings (SSSR count). The molecule has 0 bridgehead atoms. The van der Waals surface area contributed by atoms with Gasteiger partial charge in [-0.25, -0.2) is 0 Å². The molecular formula is C12H17N. The van der Waals surface area contributed by atoms with Gasteiger partial charge in [0.2, 0.25) is 0 Å². The van der Waals surface area contributed by atoms with E-state index in [4.69, 9.17) is 0 Å². The summed E-state index contributed by atoms with van der Waals surface area (Å²) in [7, 11) is 0. The summed E-state index contributed by atoms with van der Waals surface area (Å²) < 4.78 is 0. The zero-order chi connectivity index (χ0) is 9.10. The van der Waals surface area contributed by atoms with Crippen molar-refractivity contribution in [3.05, 3.63) is 34.9 Å². The first-order chi connectivity index (χ1) is 6.38. The van der Waals surface area contributed by atoms with Crippen LogP contribution in [0.25, 0.3) is 0 Å². The second kappa shape index (κ2) is 3.93. The molecular weight excluding hydrogens is 158 g/mol. The lowest BCUT2D eigenvalue weighted by Crippen LogP contribution is -2.19. The summed E-state index contributed by atoms with van der Waals surface area (Å²) in [6.07, 6.45) is 3.90. The molecule has 1 aromatic rings. The van der Waals surface area contributed by atoms with E-state index in [0.717, 1.165) is 6.54 Å². The van der Waals surface area contributed by atoms with Crippen LogP contribution in [0, 0.1) is 6.92 Å². The monoisotopic (exact) mass is 175 g/mol. The van der Waals surface area contributed by atoms with Crippen molar-refractivity contribution < 1.29 is 0 Å². The average Bonchev–Trinajstić information content (AvgIpc) is 2.07. The number of hydrogen-bond donors (Lipinski definition) is 1. The summed E-state index contributed by atoms with van der Waals surface area (Å²) in [6, 6.07) is 6.66. The summed E-state index contributed by atoms with van der Waals surface area (Å²) in [5.74, 6) is 0. The number of aryl methyl sites for hydroxylation is 2. The quantitative estimate of drug-likeness (QED) is 0.638. The topological polar surface area (TPSA) is 12.0 Å². The van der Waals surface area contributed by atoms with Crippen molar-refractivity contribution in [2.75, 3.05) is 6.54 Å². The normalized spacial score (nSPS) is 17.3. The zero-order valence-electron chi connectivity index (χ0n) is 8.27. The summed E-state index contributed by atoms with van der Waals surface area (Å²) >= 11 is 0. The van der Waals surface area contributed by atoms with Gasteiger partial charge in [-0.3, -0.25) is 0 Å². The standard InChI is InChI=1S/C12H17N/c1-10-5-4-7-11-6-2-3-8-13-9-12(10)11/h4-5,7,13H,2-3,6,8-9H2,1H3. The first-order valence-corrected chi connectivity index (χ1v) is 5.16. The Morgan fingerprint density at radius 2 is 2.15 bits per heavy atom. The number of rotatable bonds is 0. The van der Waals surface area contributed by atoms with Crippen LogP contribution in [0.4, 0.5) is 0 Å². The lowest BCUT2D eigenvalue weighted by Gasteiger charge is -2.16. The van der Waals surface area contributed by atoms with Crippen LogP contribution in [0.2, 0.25) is 0 Å². The van der Waals surface area contributed by atoms with E-state index >= 15 is 0 Å². The fraction of sp³-hybridized carbons (Fsp3) is 0.500. The Morgan fingerprint density at radius 1 is 1.23 bits per heavy atom. The molecule has 0 saturated heterocycles. The van der Waals surface area contributed by atoms with Gasteiger partial charge < -0.3 is 5.32 Å². The maximum absolute atomic E-state index is 3.48. The first-order valence-electron chi connectivity index (χ1n) is 5.16. The Bertz CT molecular complexity index is 291. The van der Waals surface area contributed by atoms with Crippen molar-refractivity contribution in [3.8, 4) is 0 Å². The Labute approximate surface area is 80.2 Å². The Kier molecular flexibility index (Phi) is 2.65. The third-order valence-corrected chi connectivity index (χ3v) is 2.86. The van der Waals surface area contributed by atoms with Crippen molar-refractivity contribution in [2.24, 2.45) is 0 Å². The molecule has 0 radical (unpaired) electrons. The smallest absolute Gasteiger partial charge is 0.0210 e. The van der Waals surface area contributed by atoms with Gasteiger partial charge in [0, 0.05) is 6.54 Å². The minimum atomic E-state index is 1.06. The van der Waals surface area contributed by atoms with Gasteiger partial charge in [-0.1, -0.05) is 18.2 Å². The van der Waals surface area contributed by atoms with Gasteiger partial charge >= 0.3 is 0 Å². The fourth-order valence-electron chi connectivity index (χ4n) is 2.03. The number of fused-ring (bicyclic) bond motifs is 1. The second-order valence-electron chi connectivity index (χ2n) is 3.85. The summed E-state index contributed by atoms with van der Waals surface area (Å²) in [5, 5.41) is 3.48. The van der Waals surface area contributed by atoms with E-state index in [2.05, 4.69) is 30.4 Å². The van der Waals surface area contributed by atoms with E-state index in [9.17, 15) is 0 Å². The first kappa shape index (κ1) is 8.76. The molecule has 13 heavy (non-hydrogen) atoms. The maximum Gasteiger partial charge on any atom is 0.0210 e. The molecule has 0 amide bonds. The number of nitrogens with one attached hydrogen (secondary N) is 1.